The number of unbranched alkanes of at least 4 members (excludes halogenated alkanes) is 2. The maximum Gasteiger partial charge on any atom is 0.150 e. The molecule has 1 aliphatic rings. The first kappa shape index (κ1) is 16.3. The predicted molar refractivity (Wildman–Crippen MR) is 89.8 cm³/mol. The molecule has 0 aliphatic heterocycles. The van der Waals surface area contributed by atoms with Crippen LogP contribution in [0.1, 0.15) is 87.1 Å². The molecule has 21 heavy (non-hydrogen) atoms. The summed E-state index contributed by atoms with van der Waals surface area (Å²) in [5, 5.41) is 0. The van der Waals surface area contributed by atoms with Crippen molar-refractivity contribution in [2.75, 3.05) is 0 Å². The molecule has 0 radical (unpaired) electrons. The summed E-state index contributed by atoms with van der Waals surface area (Å²) >= 11 is 0. The van der Waals surface area contributed by atoms with Gasteiger partial charge in [0.15, 0.2) is 0 Å². The first-order valence-electron chi connectivity index (χ1n) is 8.79. The topological polar surface area (TPSA) is 17.1 Å². The molecule has 0 amide bonds. The normalized spacial score (nSPS) is 23.7. The smallest absolute Gasteiger partial charge is 0.150 e. The number of aldehydes is 1. The summed E-state index contributed by atoms with van der Waals surface area (Å²) in [7, 11) is 0. The molecular formula is C20H30O. The van der Waals surface area contributed by atoms with E-state index in [0.29, 0.717) is 5.92 Å². The Bertz CT molecular complexity index is 420. The fourth-order valence-electron chi connectivity index (χ4n) is 3.88. The first-order valence-corrected chi connectivity index (χ1v) is 8.79. The summed E-state index contributed by atoms with van der Waals surface area (Å²) in [4.78, 5) is 10.8. The van der Waals surface area contributed by atoms with Crippen LogP contribution in [0.5, 0.6) is 0 Å². The van der Waals surface area contributed by atoms with Crippen molar-refractivity contribution in [3.05, 3.63) is 35.4 Å². The van der Waals surface area contributed by atoms with Gasteiger partial charge in [0.25, 0.3) is 0 Å². The number of carbonyl (C=O) groups excluding carboxylic acids is 1. The van der Waals surface area contributed by atoms with E-state index in [9.17, 15) is 4.79 Å². The second-order valence-electron chi connectivity index (χ2n) is 6.86. The van der Waals surface area contributed by atoms with E-state index in [1.165, 1.54) is 56.9 Å². The van der Waals surface area contributed by atoms with E-state index >= 15 is 0 Å². The van der Waals surface area contributed by atoms with E-state index in [4.69, 9.17) is 0 Å². The van der Waals surface area contributed by atoms with E-state index < -0.39 is 0 Å². The van der Waals surface area contributed by atoms with Gasteiger partial charge in [-0.15, -0.1) is 0 Å². The van der Waals surface area contributed by atoms with Crippen molar-refractivity contribution in [1.82, 2.24) is 0 Å². The molecule has 1 nitrogen and oxygen atoms in total. The van der Waals surface area contributed by atoms with Gasteiger partial charge in [0.1, 0.15) is 6.29 Å². The van der Waals surface area contributed by atoms with Gasteiger partial charge in [-0.1, -0.05) is 76.6 Å². The lowest BCUT2D eigenvalue weighted by Crippen LogP contribution is -2.20. The molecular weight excluding hydrogens is 256 g/mol. The van der Waals surface area contributed by atoms with Crippen LogP contribution in [0.2, 0.25) is 0 Å². The van der Waals surface area contributed by atoms with Crippen molar-refractivity contribution in [1.29, 1.82) is 0 Å². The maximum absolute atomic E-state index is 10.8. The monoisotopic (exact) mass is 286 g/mol. The first-order chi connectivity index (χ1) is 10.2. The van der Waals surface area contributed by atoms with Crippen LogP contribution in [0, 0.1) is 11.8 Å². The minimum atomic E-state index is 0.625. The zero-order chi connectivity index (χ0) is 15.1. The standard InChI is InChI=1S/C20H30O/c1-3-4-5-7-17-8-6-9-20(14-17)16(2)19-12-10-18(15-21)11-13-19/h10-13,15-17,20H,3-9,14H2,1-2H3/t16-,17+,20-/m0/s1. The van der Waals surface area contributed by atoms with Gasteiger partial charge in [-0.05, 0) is 36.2 Å². The Balaban J connectivity index is 1.91. The second-order valence-corrected chi connectivity index (χ2v) is 6.86. The Morgan fingerprint density at radius 3 is 2.62 bits per heavy atom. The number of rotatable bonds is 7. The molecule has 116 valence electrons. The fraction of sp³-hybridized carbons (Fsp3) is 0.650. The third-order valence-electron chi connectivity index (χ3n) is 5.34. The molecule has 0 N–H and O–H groups in total. The fourth-order valence-corrected chi connectivity index (χ4v) is 3.88. The Morgan fingerprint density at radius 2 is 1.95 bits per heavy atom. The summed E-state index contributed by atoms with van der Waals surface area (Å²) in [5.74, 6) is 2.40. The Kier molecular flexibility index (Phi) is 6.48. The van der Waals surface area contributed by atoms with E-state index in [0.717, 1.165) is 23.7 Å². The van der Waals surface area contributed by atoms with Crippen molar-refractivity contribution in [2.45, 2.75) is 71.1 Å². The Labute approximate surface area is 130 Å². The van der Waals surface area contributed by atoms with Gasteiger partial charge < -0.3 is 0 Å². The van der Waals surface area contributed by atoms with E-state index in [1.807, 2.05) is 12.1 Å². The number of carbonyl (C=O) groups is 1. The molecule has 2 rings (SSSR count). The molecule has 1 heteroatoms. The van der Waals surface area contributed by atoms with Crippen LogP contribution in [0.4, 0.5) is 0 Å². The molecule has 3 atom stereocenters. The van der Waals surface area contributed by atoms with Gasteiger partial charge in [-0.25, -0.2) is 0 Å². The average Bonchev–Trinajstić information content (AvgIpc) is 2.55. The summed E-state index contributed by atoms with van der Waals surface area (Å²) in [5.41, 5.74) is 2.19. The van der Waals surface area contributed by atoms with Crippen LogP contribution in [0.3, 0.4) is 0 Å². The van der Waals surface area contributed by atoms with Crippen LogP contribution in [-0.2, 0) is 0 Å². The number of hydrogen-bond donors (Lipinski definition) is 0. The lowest BCUT2D eigenvalue weighted by molar-refractivity contribution is 0.112. The Hall–Kier alpha value is -1.11. The molecule has 1 aromatic rings. The third kappa shape index (κ3) is 4.69. The Morgan fingerprint density at radius 1 is 1.19 bits per heavy atom. The minimum absolute atomic E-state index is 0.625. The number of hydrogen-bond acceptors (Lipinski definition) is 1. The van der Waals surface area contributed by atoms with Crippen LogP contribution >= 0.6 is 0 Å². The molecule has 1 aromatic carbocycles. The van der Waals surface area contributed by atoms with Crippen LogP contribution in [0.15, 0.2) is 24.3 Å². The van der Waals surface area contributed by atoms with Crippen molar-refractivity contribution in [3.63, 3.8) is 0 Å². The zero-order valence-corrected chi connectivity index (χ0v) is 13.7. The zero-order valence-electron chi connectivity index (χ0n) is 13.7. The molecule has 1 fully saturated rings. The highest BCUT2D eigenvalue weighted by atomic mass is 16.1. The highest BCUT2D eigenvalue weighted by molar-refractivity contribution is 5.74. The van der Waals surface area contributed by atoms with Gasteiger partial charge in [0, 0.05) is 5.56 Å². The molecule has 0 aromatic heterocycles. The van der Waals surface area contributed by atoms with Crippen LogP contribution in [-0.4, -0.2) is 6.29 Å². The van der Waals surface area contributed by atoms with E-state index in [-0.39, 0.29) is 0 Å². The predicted octanol–water partition coefficient (Wildman–Crippen LogP) is 5.99. The van der Waals surface area contributed by atoms with Gasteiger partial charge in [-0.2, -0.15) is 0 Å². The van der Waals surface area contributed by atoms with Crippen molar-refractivity contribution < 1.29 is 4.79 Å². The van der Waals surface area contributed by atoms with Gasteiger partial charge in [0.05, 0.1) is 0 Å². The molecule has 0 bridgehead atoms. The quantitative estimate of drug-likeness (QED) is 0.444. The SMILES string of the molecule is CCCCC[C@@H]1CCC[C@H]([C@@H](C)c2ccc(C=O)cc2)C1. The summed E-state index contributed by atoms with van der Waals surface area (Å²) in [6.45, 7) is 4.66. The highest BCUT2D eigenvalue weighted by Crippen LogP contribution is 2.40. The highest BCUT2D eigenvalue weighted by Gasteiger charge is 2.26. The summed E-state index contributed by atoms with van der Waals surface area (Å²) in [6, 6.07) is 8.21. The van der Waals surface area contributed by atoms with E-state index in [2.05, 4.69) is 26.0 Å². The maximum atomic E-state index is 10.8. The molecule has 0 saturated heterocycles. The average molecular weight is 286 g/mol. The largest absolute Gasteiger partial charge is 0.298 e. The van der Waals surface area contributed by atoms with Crippen molar-refractivity contribution in [2.24, 2.45) is 11.8 Å². The molecule has 0 heterocycles. The second kappa shape index (κ2) is 8.36. The molecule has 0 spiro atoms. The van der Waals surface area contributed by atoms with Crippen molar-refractivity contribution in [3.8, 4) is 0 Å². The summed E-state index contributed by atoms with van der Waals surface area (Å²) in [6.07, 6.45) is 12.1. The van der Waals surface area contributed by atoms with E-state index in [1.54, 1.807) is 0 Å². The van der Waals surface area contributed by atoms with Gasteiger partial charge in [-0.3, -0.25) is 4.79 Å². The van der Waals surface area contributed by atoms with Crippen LogP contribution in [0.25, 0.3) is 0 Å². The summed E-state index contributed by atoms with van der Waals surface area (Å²) < 4.78 is 0. The van der Waals surface area contributed by atoms with Crippen molar-refractivity contribution >= 4 is 6.29 Å². The molecule has 1 aliphatic carbocycles. The molecule has 0 unspecified atom stereocenters. The molecule has 1 saturated carbocycles. The van der Waals surface area contributed by atoms with Crippen LogP contribution < -0.4 is 0 Å². The third-order valence-corrected chi connectivity index (χ3v) is 5.34. The van der Waals surface area contributed by atoms with Gasteiger partial charge in [0.2, 0.25) is 0 Å². The van der Waals surface area contributed by atoms with Gasteiger partial charge >= 0.3 is 0 Å². The number of benzene rings is 1. The lowest BCUT2D eigenvalue weighted by atomic mass is 9.72. The lowest BCUT2D eigenvalue weighted by Gasteiger charge is -2.33. The minimum Gasteiger partial charge on any atom is -0.298 e.